The van der Waals surface area contributed by atoms with Gasteiger partial charge in [0.05, 0.1) is 0 Å². The number of carbonyl (C=O) groups is 2. The van der Waals surface area contributed by atoms with Gasteiger partial charge in [-0.2, -0.15) is 0 Å². The number of hydrogen-bond donors (Lipinski definition) is 1. The summed E-state index contributed by atoms with van der Waals surface area (Å²) >= 11 is 0. The van der Waals surface area contributed by atoms with Gasteiger partial charge in [-0.05, 0) is 73.7 Å². The van der Waals surface area contributed by atoms with E-state index in [0.717, 1.165) is 50.5 Å². The van der Waals surface area contributed by atoms with Crippen LogP contribution in [0.3, 0.4) is 0 Å². The molecular weight excluding hydrogens is 352 g/mol. The molecule has 4 aliphatic rings. The summed E-state index contributed by atoms with van der Waals surface area (Å²) in [4.78, 5) is 24.3. The minimum absolute atomic E-state index is 0.0213. The van der Waals surface area contributed by atoms with Gasteiger partial charge >= 0.3 is 5.97 Å². The van der Waals surface area contributed by atoms with Crippen molar-refractivity contribution in [3.63, 3.8) is 0 Å². The van der Waals surface area contributed by atoms with Crippen molar-refractivity contribution in [3.05, 3.63) is 11.6 Å². The highest BCUT2D eigenvalue weighted by Crippen LogP contribution is 2.66. The van der Waals surface area contributed by atoms with Gasteiger partial charge in [0, 0.05) is 18.8 Å². The maximum absolute atomic E-state index is 12.7. The summed E-state index contributed by atoms with van der Waals surface area (Å²) in [6, 6.07) is 0. The van der Waals surface area contributed by atoms with Crippen molar-refractivity contribution >= 4 is 11.8 Å². The van der Waals surface area contributed by atoms with Crippen molar-refractivity contribution < 1.29 is 19.4 Å². The fourth-order valence-corrected chi connectivity index (χ4v) is 7.77. The number of carbonyl (C=O) groups excluding carboxylic acids is 2. The number of Topliss-reactive ketones (excluding diaryl/α,β-unsaturated/α-hetero) is 1. The molecule has 0 aromatic rings. The number of allylic oxidation sites excluding steroid dienone is 1. The highest BCUT2D eigenvalue weighted by atomic mass is 16.5. The van der Waals surface area contributed by atoms with Gasteiger partial charge in [0.1, 0.15) is 11.7 Å². The lowest BCUT2D eigenvalue weighted by atomic mass is 9.46. The Kier molecular flexibility index (Phi) is 4.80. The number of ketones is 1. The molecule has 7 unspecified atom stereocenters. The predicted octanol–water partition coefficient (Wildman–Crippen LogP) is 4.59. The molecule has 0 heterocycles. The summed E-state index contributed by atoms with van der Waals surface area (Å²) in [6.07, 6.45) is 10.2. The maximum Gasteiger partial charge on any atom is 0.302 e. The second kappa shape index (κ2) is 6.68. The van der Waals surface area contributed by atoms with E-state index >= 15 is 0 Å². The smallest absolute Gasteiger partial charge is 0.302 e. The molecule has 156 valence electrons. The molecule has 3 fully saturated rings. The molecule has 0 amide bonds. The van der Waals surface area contributed by atoms with Crippen LogP contribution in [-0.4, -0.2) is 28.6 Å². The lowest BCUT2D eigenvalue weighted by Gasteiger charge is -2.59. The van der Waals surface area contributed by atoms with Gasteiger partial charge in [0.15, 0.2) is 5.78 Å². The number of ether oxygens (including phenoxy) is 1. The first-order valence-electron chi connectivity index (χ1n) is 11.3. The van der Waals surface area contributed by atoms with E-state index in [-0.39, 0.29) is 28.7 Å². The monoisotopic (exact) mass is 388 g/mol. The molecule has 3 saturated carbocycles. The van der Waals surface area contributed by atoms with Gasteiger partial charge in [-0.25, -0.2) is 0 Å². The number of hydrogen-bond acceptors (Lipinski definition) is 4. The third-order valence-corrected chi connectivity index (χ3v) is 9.08. The SMILES string of the molecule is CCCC1(O)C(=O)CCC2(C)C1=CCC1C2CCC2(C)C(OC(C)=O)CCC12. The van der Waals surface area contributed by atoms with Crippen molar-refractivity contribution in [1.82, 2.24) is 0 Å². The van der Waals surface area contributed by atoms with Crippen LogP contribution < -0.4 is 0 Å². The van der Waals surface area contributed by atoms with E-state index in [1.54, 1.807) is 0 Å². The Balaban J connectivity index is 1.67. The van der Waals surface area contributed by atoms with Gasteiger partial charge in [0.2, 0.25) is 0 Å². The Morgan fingerprint density at radius 1 is 1.21 bits per heavy atom. The Labute approximate surface area is 169 Å². The predicted molar refractivity (Wildman–Crippen MR) is 108 cm³/mol. The van der Waals surface area contributed by atoms with Crippen LogP contribution in [0.1, 0.15) is 85.5 Å². The van der Waals surface area contributed by atoms with Gasteiger partial charge in [-0.15, -0.1) is 0 Å². The van der Waals surface area contributed by atoms with E-state index in [0.29, 0.717) is 30.6 Å². The summed E-state index contributed by atoms with van der Waals surface area (Å²) in [5.74, 6) is 1.49. The van der Waals surface area contributed by atoms with Crippen molar-refractivity contribution in [3.8, 4) is 0 Å². The molecule has 28 heavy (non-hydrogen) atoms. The van der Waals surface area contributed by atoms with E-state index in [1.807, 2.05) is 6.92 Å². The van der Waals surface area contributed by atoms with Gasteiger partial charge in [-0.3, -0.25) is 9.59 Å². The van der Waals surface area contributed by atoms with Crippen LogP contribution in [0.4, 0.5) is 0 Å². The lowest BCUT2D eigenvalue weighted by molar-refractivity contribution is -0.158. The molecule has 1 N–H and O–H groups in total. The average Bonchev–Trinajstić information content (AvgIpc) is 2.95. The molecule has 0 saturated heterocycles. The second-order valence-electron chi connectivity index (χ2n) is 10.4. The zero-order valence-electron chi connectivity index (χ0n) is 17.9. The zero-order valence-corrected chi connectivity index (χ0v) is 17.9. The molecule has 4 rings (SSSR count). The topological polar surface area (TPSA) is 63.6 Å². The summed E-state index contributed by atoms with van der Waals surface area (Å²) in [5.41, 5.74) is -0.235. The van der Waals surface area contributed by atoms with E-state index < -0.39 is 5.60 Å². The average molecular weight is 389 g/mol. The summed E-state index contributed by atoms with van der Waals surface area (Å²) < 4.78 is 5.74. The minimum atomic E-state index is -1.25. The van der Waals surface area contributed by atoms with Crippen LogP contribution >= 0.6 is 0 Å². The number of rotatable bonds is 3. The summed E-state index contributed by atoms with van der Waals surface area (Å²) in [6.45, 7) is 8.20. The van der Waals surface area contributed by atoms with Crippen molar-refractivity contribution in [2.45, 2.75) is 97.2 Å². The van der Waals surface area contributed by atoms with Gasteiger partial charge in [0.25, 0.3) is 0 Å². The quantitative estimate of drug-likeness (QED) is 0.567. The Morgan fingerprint density at radius 2 is 1.96 bits per heavy atom. The molecule has 0 radical (unpaired) electrons. The third kappa shape index (κ3) is 2.66. The molecular formula is C24H36O4. The minimum Gasteiger partial charge on any atom is -0.462 e. The first-order valence-corrected chi connectivity index (χ1v) is 11.3. The van der Waals surface area contributed by atoms with Crippen LogP contribution in [0.5, 0.6) is 0 Å². The Hall–Kier alpha value is -1.16. The van der Waals surface area contributed by atoms with Crippen molar-refractivity contribution in [2.75, 3.05) is 0 Å². The van der Waals surface area contributed by atoms with Crippen LogP contribution in [0.15, 0.2) is 11.6 Å². The number of esters is 1. The normalized spacial score (nSPS) is 47.6. The van der Waals surface area contributed by atoms with E-state index in [1.165, 1.54) is 6.92 Å². The molecule has 7 atom stereocenters. The number of aliphatic hydroxyl groups is 1. The number of fused-ring (bicyclic) bond motifs is 5. The van der Waals surface area contributed by atoms with Gasteiger partial charge in [-0.1, -0.05) is 33.3 Å². The third-order valence-electron chi connectivity index (χ3n) is 9.08. The lowest BCUT2D eigenvalue weighted by Crippen LogP contribution is -2.57. The second-order valence-corrected chi connectivity index (χ2v) is 10.4. The van der Waals surface area contributed by atoms with Crippen molar-refractivity contribution in [2.24, 2.45) is 28.6 Å². The van der Waals surface area contributed by atoms with E-state index in [2.05, 4.69) is 19.9 Å². The van der Waals surface area contributed by atoms with Crippen molar-refractivity contribution in [1.29, 1.82) is 0 Å². The fraction of sp³-hybridized carbons (Fsp3) is 0.833. The van der Waals surface area contributed by atoms with E-state index in [9.17, 15) is 14.7 Å². The molecule has 0 aliphatic heterocycles. The standard InChI is InChI=1S/C24H36O4/c1-5-12-24(27)19-8-6-16-17-7-9-21(28-15(2)25)23(17,4)13-10-18(16)22(19,3)14-11-20(24)26/h8,16-18,21,27H,5-7,9-14H2,1-4H3. The molecule has 0 spiro atoms. The highest BCUT2D eigenvalue weighted by molar-refractivity contribution is 5.92. The van der Waals surface area contributed by atoms with Gasteiger partial charge < -0.3 is 9.84 Å². The molecule has 0 bridgehead atoms. The van der Waals surface area contributed by atoms with Crippen LogP contribution in [-0.2, 0) is 14.3 Å². The Morgan fingerprint density at radius 3 is 2.64 bits per heavy atom. The fourth-order valence-electron chi connectivity index (χ4n) is 7.77. The highest BCUT2D eigenvalue weighted by Gasteiger charge is 2.62. The molecule has 4 nitrogen and oxygen atoms in total. The first-order chi connectivity index (χ1) is 13.2. The molecule has 0 aromatic heterocycles. The molecule has 0 aromatic carbocycles. The Bertz CT molecular complexity index is 711. The van der Waals surface area contributed by atoms with E-state index in [4.69, 9.17) is 4.74 Å². The van der Waals surface area contributed by atoms with Crippen LogP contribution in [0.2, 0.25) is 0 Å². The van der Waals surface area contributed by atoms with Crippen LogP contribution in [0, 0.1) is 28.6 Å². The summed E-state index contributed by atoms with van der Waals surface area (Å²) in [7, 11) is 0. The molecule has 4 aliphatic carbocycles. The molecule has 4 heteroatoms. The first kappa shape index (κ1) is 20.1. The largest absolute Gasteiger partial charge is 0.462 e. The zero-order chi connectivity index (χ0) is 20.3. The van der Waals surface area contributed by atoms with Crippen LogP contribution in [0.25, 0.3) is 0 Å². The summed E-state index contributed by atoms with van der Waals surface area (Å²) in [5, 5.41) is 11.4. The maximum atomic E-state index is 12.7.